The molecule has 184 valence electrons. The molecule has 1 N–H and O–H groups in total. The van der Waals surface area contributed by atoms with Gasteiger partial charge in [0, 0.05) is 19.6 Å². The van der Waals surface area contributed by atoms with Crippen molar-refractivity contribution in [1.82, 2.24) is 9.62 Å². The van der Waals surface area contributed by atoms with Gasteiger partial charge >= 0.3 is 5.97 Å². The maximum Gasteiger partial charge on any atom is 0.338 e. The summed E-state index contributed by atoms with van der Waals surface area (Å²) in [7, 11) is -0.646. The van der Waals surface area contributed by atoms with Crippen LogP contribution < -0.4 is 14.8 Å². The van der Waals surface area contributed by atoms with Gasteiger partial charge in [0.2, 0.25) is 10.0 Å². The minimum atomic E-state index is -3.70. The number of carbonyl (C=O) groups excluding carboxylic acids is 2. The van der Waals surface area contributed by atoms with Crippen LogP contribution >= 0.6 is 0 Å². The van der Waals surface area contributed by atoms with Crippen LogP contribution in [0.3, 0.4) is 0 Å². The van der Waals surface area contributed by atoms with E-state index in [0.29, 0.717) is 30.2 Å². The van der Waals surface area contributed by atoms with Crippen molar-refractivity contribution < 1.29 is 32.2 Å². The molecule has 34 heavy (non-hydrogen) atoms. The molecule has 1 amide bonds. The van der Waals surface area contributed by atoms with Crippen molar-refractivity contribution in [2.75, 3.05) is 33.9 Å². The lowest BCUT2D eigenvalue weighted by atomic mass is 10.1. The van der Waals surface area contributed by atoms with Crippen molar-refractivity contribution in [3.8, 4) is 11.5 Å². The molecule has 0 spiro atoms. The van der Waals surface area contributed by atoms with Gasteiger partial charge in [-0.15, -0.1) is 0 Å². The van der Waals surface area contributed by atoms with E-state index in [9.17, 15) is 18.0 Å². The van der Waals surface area contributed by atoms with Gasteiger partial charge in [-0.2, -0.15) is 4.31 Å². The molecule has 1 aliphatic heterocycles. The molecule has 3 rings (SSSR count). The molecule has 10 heteroatoms. The molecule has 0 radical (unpaired) electrons. The van der Waals surface area contributed by atoms with Crippen molar-refractivity contribution in [1.29, 1.82) is 0 Å². The smallest absolute Gasteiger partial charge is 0.338 e. The number of piperidine rings is 1. The minimum Gasteiger partial charge on any atom is -0.493 e. The molecule has 0 unspecified atom stereocenters. The summed E-state index contributed by atoms with van der Waals surface area (Å²) < 4.78 is 43.1. The van der Waals surface area contributed by atoms with Crippen LogP contribution in [0.25, 0.3) is 0 Å². The van der Waals surface area contributed by atoms with E-state index in [1.807, 2.05) is 0 Å². The van der Waals surface area contributed by atoms with E-state index in [1.165, 1.54) is 30.7 Å². The summed E-state index contributed by atoms with van der Waals surface area (Å²) in [5.74, 6) is -0.144. The Morgan fingerprint density at radius 1 is 0.971 bits per heavy atom. The third kappa shape index (κ3) is 6.06. The van der Waals surface area contributed by atoms with Gasteiger partial charge in [0.15, 0.2) is 18.1 Å². The molecule has 9 nitrogen and oxygen atoms in total. The Hall–Kier alpha value is -3.11. The molecule has 0 saturated carbocycles. The molecule has 1 saturated heterocycles. The highest BCUT2D eigenvalue weighted by Gasteiger charge is 2.28. The number of benzene rings is 2. The Bertz CT molecular complexity index is 1140. The number of esters is 1. The van der Waals surface area contributed by atoms with Crippen LogP contribution in [0.1, 0.15) is 40.7 Å². The van der Waals surface area contributed by atoms with Gasteiger partial charge < -0.3 is 19.5 Å². The Labute approximate surface area is 200 Å². The maximum atomic E-state index is 13.0. The van der Waals surface area contributed by atoms with Gasteiger partial charge in [0.1, 0.15) is 0 Å². The second kappa shape index (κ2) is 11.3. The minimum absolute atomic E-state index is 0.0777. The van der Waals surface area contributed by atoms with E-state index in [2.05, 4.69) is 5.32 Å². The van der Waals surface area contributed by atoms with Gasteiger partial charge in [-0.05, 0) is 55.2 Å². The first-order chi connectivity index (χ1) is 16.3. The number of nitrogens with one attached hydrogen (secondary N) is 1. The highest BCUT2D eigenvalue weighted by Crippen LogP contribution is 2.27. The Kier molecular flexibility index (Phi) is 8.51. The van der Waals surface area contributed by atoms with Crippen molar-refractivity contribution in [2.24, 2.45) is 0 Å². The zero-order valence-electron chi connectivity index (χ0n) is 19.6. The molecule has 0 aliphatic carbocycles. The Morgan fingerprint density at radius 3 is 2.35 bits per heavy atom. The average Bonchev–Trinajstić information content (AvgIpc) is 2.86. The monoisotopic (exact) mass is 490 g/mol. The molecule has 1 fully saturated rings. The van der Waals surface area contributed by atoms with Crippen LogP contribution in [0.2, 0.25) is 0 Å². The third-order valence-corrected chi connectivity index (χ3v) is 7.67. The number of nitrogens with zero attached hydrogens (tertiary/aromatic N) is 1. The number of aryl methyl sites for hydroxylation is 1. The fraction of sp³-hybridized carbons (Fsp3) is 0.417. The predicted octanol–water partition coefficient (Wildman–Crippen LogP) is 2.66. The third-order valence-electron chi connectivity index (χ3n) is 5.63. The number of sulfonamides is 1. The highest BCUT2D eigenvalue weighted by atomic mass is 32.2. The lowest BCUT2D eigenvalue weighted by Gasteiger charge is -2.26. The number of rotatable bonds is 9. The van der Waals surface area contributed by atoms with Gasteiger partial charge in [-0.25, -0.2) is 13.2 Å². The summed E-state index contributed by atoms with van der Waals surface area (Å²) >= 11 is 0. The largest absolute Gasteiger partial charge is 0.493 e. The molecule has 0 bridgehead atoms. The summed E-state index contributed by atoms with van der Waals surface area (Å²) in [6, 6.07) is 9.64. The van der Waals surface area contributed by atoms with Crippen LogP contribution in [0.5, 0.6) is 11.5 Å². The lowest BCUT2D eigenvalue weighted by molar-refractivity contribution is -0.124. The topological polar surface area (TPSA) is 111 Å². The number of ether oxygens (including phenoxy) is 3. The standard InChI is InChI=1S/C24H30N2O7S/c1-17-7-9-19(14-22(17)34(29,30)26-11-5-4-6-12-26)24(28)33-16-23(27)25-15-18-8-10-20(31-2)21(13-18)32-3/h7-10,13-14H,4-6,11-12,15-16H2,1-3H3,(H,25,27). The molecule has 1 heterocycles. The molecule has 1 aliphatic rings. The molecular formula is C24H30N2O7S. The molecule has 2 aromatic carbocycles. The van der Waals surface area contributed by atoms with Gasteiger partial charge in [0.25, 0.3) is 5.91 Å². The number of methoxy groups -OCH3 is 2. The van der Waals surface area contributed by atoms with Crippen molar-refractivity contribution in [3.63, 3.8) is 0 Å². The molecular weight excluding hydrogens is 460 g/mol. The molecule has 2 aromatic rings. The van der Waals surface area contributed by atoms with E-state index in [-0.39, 0.29) is 17.0 Å². The lowest BCUT2D eigenvalue weighted by Crippen LogP contribution is -2.36. The predicted molar refractivity (Wildman–Crippen MR) is 125 cm³/mol. The van der Waals surface area contributed by atoms with Gasteiger partial charge in [-0.3, -0.25) is 4.79 Å². The number of amides is 1. The number of hydrogen-bond donors (Lipinski definition) is 1. The first-order valence-corrected chi connectivity index (χ1v) is 12.5. The summed E-state index contributed by atoms with van der Waals surface area (Å²) in [6.07, 6.45) is 2.64. The van der Waals surface area contributed by atoms with E-state index >= 15 is 0 Å². The summed E-state index contributed by atoms with van der Waals surface area (Å²) in [5.41, 5.74) is 1.41. The van der Waals surface area contributed by atoms with E-state index in [0.717, 1.165) is 24.8 Å². The first kappa shape index (κ1) is 25.5. The van der Waals surface area contributed by atoms with Crippen molar-refractivity contribution in [2.45, 2.75) is 37.6 Å². The normalized spacial score (nSPS) is 14.3. The first-order valence-electron chi connectivity index (χ1n) is 11.0. The SMILES string of the molecule is COc1ccc(CNC(=O)COC(=O)c2ccc(C)c(S(=O)(=O)N3CCCCC3)c2)cc1OC. The fourth-order valence-corrected chi connectivity index (χ4v) is 5.47. The van der Waals surface area contributed by atoms with Crippen LogP contribution in [0.15, 0.2) is 41.3 Å². The summed E-state index contributed by atoms with van der Waals surface area (Å²) in [4.78, 5) is 24.8. The second-order valence-electron chi connectivity index (χ2n) is 7.99. The van der Waals surface area contributed by atoms with E-state index in [1.54, 1.807) is 31.2 Å². The van der Waals surface area contributed by atoms with Crippen molar-refractivity contribution >= 4 is 21.9 Å². The van der Waals surface area contributed by atoms with E-state index in [4.69, 9.17) is 14.2 Å². The second-order valence-corrected chi connectivity index (χ2v) is 9.89. The van der Waals surface area contributed by atoms with Gasteiger partial charge in [-0.1, -0.05) is 18.6 Å². The van der Waals surface area contributed by atoms with Crippen LogP contribution in [0, 0.1) is 6.92 Å². The summed E-state index contributed by atoms with van der Waals surface area (Å²) in [6.45, 7) is 2.34. The van der Waals surface area contributed by atoms with Crippen molar-refractivity contribution in [3.05, 3.63) is 53.1 Å². The number of hydrogen-bond acceptors (Lipinski definition) is 7. The maximum absolute atomic E-state index is 13.0. The summed E-state index contributed by atoms with van der Waals surface area (Å²) in [5, 5.41) is 2.67. The van der Waals surface area contributed by atoms with Crippen LogP contribution in [-0.4, -0.2) is 58.5 Å². The Balaban J connectivity index is 1.59. The quantitative estimate of drug-likeness (QED) is 0.538. The Morgan fingerprint density at radius 2 is 1.68 bits per heavy atom. The zero-order chi connectivity index (χ0) is 24.7. The number of carbonyl (C=O) groups is 2. The average molecular weight is 491 g/mol. The molecule has 0 atom stereocenters. The fourth-order valence-electron chi connectivity index (χ4n) is 3.71. The van der Waals surface area contributed by atoms with Crippen LogP contribution in [0.4, 0.5) is 0 Å². The van der Waals surface area contributed by atoms with Crippen LogP contribution in [-0.2, 0) is 26.1 Å². The van der Waals surface area contributed by atoms with E-state index < -0.39 is 28.5 Å². The molecule has 0 aromatic heterocycles. The highest BCUT2D eigenvalue weighted by molar-refractivity contribution is 7.89. The zero-order valence-corrected chi connectivity index (χ0v) is 20.4. The van der Waals surface area contributed by atoms with Gasteiger partial charge in [0.05, 0.1) is 24.7 Å².